The van der Waals surface area contributed by atoms with E-state index in [0.29, 0.717) is 4.64 Å². The number of aromatic amines is 2. The van der Waals surface area contributed by atoms with Crippen molar-refractivity contribution >= 4 is 23.4 Å². The number of alkyl halides is 3. The Hall–Kier alpha value is -1.44. The summed E-state index contributed by atoms with van der Waals surface area (Å²) in [4.78, 5) is 13.6. The average Bonchev–Trinajstić information content (AvgIpc) is 2.49. The maximum atomic E-state index is 10.4. The molecule has 2 aromatic rings. The number of halogens is 3. The monoisotopic (exact) mass is 236 g/mol. The van der Waals surface area contributed by atoms with E-state index in [9.17, 15) is 13.2 Å². The van der Waals surface area contributed by atoms with Crippen LogP contribution in [-0.2, 0) is 0 Å². The van der Waals surface area contributed by atoms with E-state index in [1.807, 2.05) is 0 Å². The van der Waals surface area contributed by atoms with Crippen molar-refractivity contribution < 1.29 is 13.2 Å². The molecule has 2 rings (SSSR count). The van der Waals surface area contributed by atoms with Crippen LogP contribution >= 0.6 is 12.2 Å². The van der Waals surface area contributed by atoms with Crippen molar-refractivity contribution in [2.45, 2.75) is 13.1 Å². The van der Waals surface area contributed by atoms with E-state index >= 15 is 0 Å². The lowest BCUT2D eigenvalue weighted by Crippen LogP contribution is -1.95. The molecule has 0 aromatic carbocycles. The molecule has 0 unspecified atom stereocenters. The lowest BCUT2D eigenvalue weighted by Gasteiger charge is -1.88. The lowest BCUT2D eigenvalue weighted by atomic mass is 10.6. The molecule has 0 atom stereocenters. The minimum atomic E-state index is -4.00. The molecule has 2 heterocycles. The molecule has 0 aliphatic heterocycles. The van der Waals surface area contributed by atoms with Crippen molar-refractivity contribution in [1.82, 2.24) is 19.9 Å². The van der Waals surface area contributed by atoms with E-state index in [-0.39, 0.29) is 6.92 Å². The van der Waals surface area contributed by atoms with Gasteiger partial charge in [0.25, 0.3) is 0 Å². The predicted octanol–water partition coefficient (Wildman–Crippen LogP) is 2.58. The molecule has 0 amide bonds. The van der Waals surface area contributed by atoms with Crippen LogP contribution in [0.2, 0.25) is 0 Å². The van der Waals surface area contributed by atoms with Gasteiger partial charge in [-0.2, -0.15) is 13.2 Å². The minimum Gasteiger partial charge on any atom is -0.341 e. The van der Waals surface area contributed by atoms with Crippen LogP contribution in [0, 0.1) is 4.64 Å². The largest absolute Gasteiger partial charge is 0.386 e. The van der Waals surface area contributed by atoms with Gasteiger partial charge in [-0.1, -0.05) is 12.2 Å². The molecule has 2 N–H and O–H groups in total. The second kappa shape index (κ2) is 4.39. The number of nitrogens with one attached hydrogen (secondary N) is 2. The smallest absolute Gasteiger partial charge is 0.341 e. The fourth-order valence-electron chi connectivity index (χ4n) is 0.783. The first-order valence-electron chi connectivity index (χ1n) is 3.81. The molecular weight excluding hydrogens is 229 g/mol. The van der Waals surface area contributed by atoms with Gasteiger partial charge in [0.1, 0.15) is 5.52 Å². The summed E-state index contributed by atoms with van der Waals surface area (Å²) in [5.74, 6) is 0. The molecule has 2 aromatic heterocycles. The van der Waals surface area contributed by atoms with Crippen molar-refractivity contribution in [3.05, 3.63) is 17.3 Å². The summed E-state index contributed by atoms with van der Waals surface area (Å²) < 4.78 is 31.6. The Morgan fingerprint density at radius 3 is 2.27 bits per heavy atom. The molecule has 0 saturated carbocycles. The van der Waals surface area contributed by atoms with Crippen LogP contribution in [0.3, 0.4) is 0 Å². The first-order chi connectivity index (χ1) is 6.88. The first kappa shape index (κ1) is 11.6. The Morgan fingerprint density at radius 2 is 1.73 bits per heavy atom. The van der Waals surface area contributed by atoms with Gasteiger partial charge >= 0.3 is 6.18 Å². The maximum Gasteiger partial charge on any atom is 0.386 e. The van der Waals surface area contributed by atoms with Gasteiger partial charge in [0.05, 0.1) is 12.7 Å². The maximum absolute atomic E-state index is 10.4. The summed E-state index contributed by atoms with van der Waals surface area (Å²) in [7, 11) is 0. The normalized spacial score (nSPS) is 10.9. The second-order valence-electron chi connectivity index (χ2n) is 2.62. The number of H-pyrrole nitrogens is 2. The Morgan fingerprint density at radius 1 is 1.20 bits per heavy atom. The second-order valence-corrected chi connectivity index (χ2v) is 3.00. The Kier molecular flexibility index (Phi) is 3.40. The van der Waals surface area contributed by atoms with Crippen LogP contribution in [0.1, 0.15) is 6.92 Å². The zero-order valence-electron chi connectivity index (χ0n) is 7.59. The van der Waals surface area contributed by atoms with Gasteiger partial charge in [-0.25, -0.2) is 9.97 Å². The SMILES string of the molecule is CC(F)(F)F.S=c1nc[nH]c2nc[nH]c12. The average molecular weight is 236 g/mol. The van der Waals surface area contributed by atoms with Gasteiger partial charge in [0, 0.05) is 6.92 Å². The highest BCUT2D eigenvalue weighted by Gasteiger charge is 2.15. The van der Waals surface area contributed by atoms with E-state index in [4.69, 9.17) is 12.2 Å². The van der Waals surface area contributed by atoms with Crippen molar-refractivity contribution in [1.29, 1.82) is 0 Å². The highest BCUT2D eigenvalue weighted by atomic mass is 32.1. The zero-order valence-corrected chi connectivity index (χ0v) is 8.41. The van der Waals surface area contributed by atoms with Crippen molar-refractivity contribution in [2.24, 2.45) is 0 Å². The molecule has 0 bridgehead atoms. The van der Waals surface area contributed by atoms with Crippen LogP contribution in [0.4, 0.5) is 13.2 Å². The van der Waals surface area contributed by atoms with Crippen molar-refractivity contribution in [3.8, 4) is 0 Å². The van der Waals surface area contributed by atoms with Crippen molar-refractivity contribution in [3.63, 3.8) is 0 Å². The molecule has 15 heavy (non-hydrogen) atoms. The predicted molar refractivity (Wildman–Crippen MR) is 50.8 cm³/mol. The quantitative estimate of drug-likeness (QED) is 0.691. The number of aromatic nitrogens is 4. The highest BCUT2D eigenvalue weighted by molar-refractivity contribution is 7.71. The van der Waals surface area contributed by atoms with Gasteiger partial charge < -0.3 is 9.97 Å². The van der Waals surface area contributed by atoms with Crippen LogP contribution in [0.25, 0.3) is 11.2 Å². The molecule has 0 fully saturated rings. The number of hydrogen-bond acceptors (Lipinski definition) is 3. The fraction of sp³-hybridized carbons (Fsp3) is 0.286. The molecule has 0 aliphatic carbocycles. The number of imidazole rings is 1. The number of nitrogens with zero attached hydrogens (tertiary/aromatic N) is 2. The minimum absolute atomic E-state index is 0.188. The topological polar surface area (TPSA) is 57.4 Å². The molecule has 82 valence electrons. The first-order valence-corrected chi connectivity index (χ1v) is 4.22. The molecule has 0 radical (unpaired) electrons. The zero-order chi connectivity index (χ0) is 11.5. The number of rotatable bonds is 0. The summed E-state index contributed by atoms with van der Waals surface area (Å²) in [5, 5.41) is 0. The molecule has 4 nitrogen and oxygen atoms in total. The third-order valence-electron chi connectivity index (χ3n) is 1.24. The van der Waals surface area contributed by atoms with E-state index in [1.54, 1.807) is 6.33 Å². The molecule has 0 spiro atoms. The number of fused-ring (bicyclic) bond motifs is 1. The van der Waals surface area contributed by atoms with Gasteiger partial charge in [0.15, 0.2) is 10.3 Å². The van der Waals surface area contributed by atoms with Gasteiger partial charge in [0.2, 0.25) is 0 Å². The third-order valence-corrected chi connectivity index (χ3v) is 1.55. The standard InChI is InChI=1S/C5H4N4S.C2H3F3/c10-5-3-4(7-1-6-3)8-2-9-5;1-2(3,4)5/h1-2H,(H2,6,7,8,9,10);1H3. The van der Waals surface area contributed by atoms with Crippen LogP contribution in [0.5, 0.6) is 0 Å². The third kappa shape index (κ3) is 4.07. The van der Waals surface area contributed by atoms with E-state index in [0.717, 1.165) is 11.2 Å². The van der Waals surface area contributed by atoms with Gasteiger partial charge in [-0.05, 0) is 0 Å². The molecule has 8 heteroatoms. The Balaban J connectivity index is 0.000000195. The summed E-state index contributed by atoms with van der Waals surface area (Å²) >= 11 is 4.91. The van der Waals surface area contributed by atoms with Gasteiger partial charge in [-0.3, -0.25) is 0 Å². The van der Waals surface area contributed by atoms with Crippen LogP contribution in [-0.4, -0.2) is 26.1 Å². The van der Waals surface area contributed by atoms with E-state index in [2.05, 4.69) is 19.9 Å². The van der Waals surface area contributed by atoms with Crippen LogP contribution < -0.4 is 0 Å². The Bertz CT molecular complexity index is 480. The molecule has 0 saturated heterocycles. The number of hydrogen-bond donors (Lipinski definition) is 2. The van der Waals surface area contributed by atoms with Crippen LogP contribution in [0.15, 0.2) is 12.7 Å². The fourth-order valence-corrected chi connectivity index (χ4v) is 0.992. The molecular formula is C7H7F3N4S. The highest BCUT2D eigenvalue weighted by Crippen LogP contribution is 2.10. The summed E-state index contributed by atoms with van der Waals surface area (Å²) in [6.07, 6.45) is -0.885. The Labute approximate surface area is 87.6 Å². The van der Waals surface area contributed by atoms with Gasteiger partial charge in [-0.15, -0.1) is 0 Å². The summed E-state index contributed by atoms with van der Waals surface area (Å²) in [6.45, 7) is 0.188. The van der Waals surface area contributed by atoms with Crippen molar-refractivity contribution in [2.75, 3.05) is 0 Å². The molecule has 0 aliphatic rings. The summed E-state index contributed by atoms with van der Waals surface area (Å²) in [5.41, 5.74) is 1.54. The summed E-state index contributed by atoms with van der Waals surface area (Å²) in [6, 6.07) is 0. The lowest BCUT2D eigenvalue weighted by molar-refractivity contribution is -0.110. The van der Waals surface area contributed by atoms with E-state index in [1.165, 1.54) is 6.33 Å². The van der Waals surface area contributed by atoms with E-state index < -0.39 is 6.18 Å².